The number of anilines is 3. The molecule has 0 bridgehead atoms. The second-order valence-electron chi connectivity index (χ2n) is 16.7. The lowest BCUT2D eigenvalue weighted by molar-refractivity contribution is 0.584. The Balaban J connectivity index is 1.12. The zero-order chi connectivity index (χ0) is 43.9. The van der Waals surface area contributed by atoms with Gasteiger partial charge in [-0.05, 0) is 136 Å². The highest BCUT2D eigenvalue weighted by molar-refractivity contribution is 6.04. The van der Waals surface area contributed by atoms with Gasteiger partial charge in [0.2, 0.25) is 11.8 Å². The molecule has 0 fully saturated rings. The van der Waals surface area contributed by atoms with E-state index in [0.717, 1.165) is 72.9 Å². The van der Waals surface area contributed by atoms with Crippen molar-refractivity contribution in [2.24, 2.45) is 0 Å². The van der Waals surface area contributed by atoms with Gasteiger partial charge in [-0.25, -0.2) is 9.97 Å². The van der Waals surface area contributed by atoms with Crippen molar-refractivity contribution >= 4 is 28.1 Å². The average molecular weight is 830 g/mol. The molecule has 310 valence electrons. The lowest BCUT2D eigenvalue weighted by atomic mass is 9.88. The van der Waals surface area contributed by atoms with Gasteiger partial charge in [0.1, 0.15) is 0 Å². The molecule has 64 heavy (non-hydrogen) atoms. The van der Waals surface area contributed by atoms with E-state index in [4.69, 9.17) is 14.4 Å². The highest BCUT2D eigenvalue weighted by atomic mass is 16.4. The molecule has 0 unspecified atom stereocenters. The van der Waals surface area contributed by atoms with Crippen LogP contribution in [0.3, 0.4) is 0 Å². The summed E-state index contributed by atoms with van der Waals surface area (Å²) in [4.78, 5) is 13.7. The van der Waals surface area contributed by atoms with Crippen molar-refractivity contribution in [1.82, 2.24) is 20.2 Å². The van der Waals surface area contributed by atoms with Gasteiger partial charge in [-0.2, -0.15) is 0 Å². The van der Waals surface area contributed by atoms with Gasteiger partial charge >= 0.3 is 0 Å². The third kappa shape index (κ3) is 7.54. The maximum atomic E-state index is 6.09. The Morgan fingerprint density at radius 2 is 0.703 bits per heavy atom. The van der Waals surface area contributed by atoms with E-state index in [9.17, 15) is 0 Å². The first kappa shape index (κ1) is 40.1. The van der Waals surface area contributed by atoms with Crippen LogP contribution in [0.2, 0.25) is 0 Å². The normalized spacial score (nSPS) is 11.3. The van der Waals surface area contributed by atoms with Crippen LogP contribution in [-0.2, 0) is 0 Å². The Hall–Kier alpha value is -7.96. The molecule has 0 aliphatic carbocycles. The summed E-state index contributed by atoms with van der Waals surface area (Å²) in [6.45, 7) is 13.1. The van der Waals surface area contributed by atoms with Crippen molar-refractivity contribution in [2.75, 3.05) is 4.90 Å². The molecule has 6 heteroatoms. The van der Waals surface area contributed by atoms with Gasteiger partial charge in [-0.15, -0.1) is 10.2 Å². The number of aromatic nitrogens is 4. The minimum Gasteiger partial charge on any atom is -0.416 e. The van der Waals surface area contributed by atoms with E-state index in [1.165, 1.54) is 44.5 Å². The summed E-state index contributed by atoms with van der Waals surface area (Å²) in [5.74, 6) is 0.963. The van der Waals surface area contributed by atoms with Gasteiger partial charge in [0.25, 0.3) is 0 Å². The minimum atomic E-state index is 0.471. The first-order valence-electron chi connectivity index (χ1n) is 21.7. The summed E-state index contributed by atoms with van der Waals surface area (Å²) in [5, 5.41) is 8.68. The van der Waals surface area contributed by atoms with Crippen molar-refractivity contribution in [3.8, 4) is 67.7 Å². The van der Waals surface area contributed by atoms with Crippen LogP contribution in [0.15, 0.2) is 180 Å². The fourth-order valence-corrected chi connectivity index (χ4v) is 9.33. The predicted molar refractivity (Wildman–Crippen MR) is 263 cm³/mol. The molecule has 2 heterocycles. The van der Waals surface area contributed by atoms with Crippen molar-refractivity contribution < 1.29 is 4.42 Å². The molecule has 10 rings (SSSR count). The summed E-state index contributed by atoms with van der Waals surface area (Å²) in [7, 11) is 0. The van der Waals surface area contributed by atoms with E-state index in [2.05, 4.69) is 178 Å². The molecule has 0 atom stereocenters. The summed E-state index contributed by atoms with van der Waals surface area (Å²) >= 11 is 0. The molecule has 0 saturated heterocycles. The topological polar surface area (TPSA) is 67.9 Å². The van der Waals surface area contributed by atoms with Crippen molar-refractivity contribution in [1.29, 1.82) is 0 Å². The molecule has 0 spiro atoms. The number of rotatable bonds is 9. The monoisotopic (exact) mass is 829 g/mol. The largest absolute Gasteiger partial charge is 0.416 e. The number of benzene rings is 8. The lowest BCUT2D eigenvalue weighted by Gasteiger charge is -2.26. The van der Waals surface area contributed by atoms with Crippen LogP contribution in [0.25, 0.3) is 78.7 Å². The second kappa shape index (κ2) is 16.7. The Bertz CT molecular complexity index is 3260. The van der Waals surface area contributed by atoms with E-state index < -0.39 is 0 Å². The van der Waals surface area contributed by atoms with Crippen LogP contribution < -0.4 is 4.90 Å². The van der Waals surface area contributed by atoms with Crippen molar-refractivity contribution in [3.05, 3.63) is 209 Å². The summed E-state index contributed by atoms with van der Waals surface area (Å²) < 4.78 is 6.09. The fraction of sp³-hybridized carbons (Fsp3) is 0.103. The molecule has 0 aliphatic rings. The number of hydrogen-bond donors (Lipinski definition) is 0. The summed E-state index contributed by atoms with van der Waals surface area (Å²) in [5.41, 5.74) is 22.1. The molecular weight excluding hydrogens is 783 g/mol. The highest BCUT2D eigenvalue weighted by Crippen LogP contribution is 2.43. The zero-order valence-electron chi connectivity index (χ0n) is 36.9. The Morgan fingerprint density at radius 1 is 0.359 bits per heavy atom. The maximum Gasteiger partial charge on any atom is 0.248 e. The molecule has 0 saturated carbocycles. The second-order valence-corrected chi connectivity index (χ2v) is 16.7. The van der Waals surface area contributed by atoms with Gasteiger partial charge in [-0.1, -0.05) is 126 Å². The van der Waals surface area contributed by atoms with Gasteiger partial charge in [-0.3, -0.25) is 0 Å². The molecular formula is C58H47N5O. The third-order valence-electron chi connectivity index (χ3n) is 12.0. The first-order chi connectivity index (χ1) is 31.2. The highest BCUT2D eigenvalue weighted by Gasteiger charge is 2.23. The number of hydrogen-bond acceptors (Lipinski definition) is 6. The van der Waals surface area contributed by atoms with Gasteiger partial charge in [0.15, 0.2) is 0 Å². The van der Waals surface area contributed by atoms with E-state index in [1.807, 2.05) is 54.6 Å². The molecule has 0 aliphatic heterocycles. The summed E-state index contributed by atoms with van der Waals surface area (Å²) in [6, 6.07) is 61.2. The number of para-hydroxylation sites is 1. The predicted octanol–water partition coefficient (Wildman–Crippen LogP) is 15.3. The first-order valence-corrected chi connectivity index (χ1v) is 21.7. The molecule has 0 N–H and O–H groups in total. The number of fused-ring (bicyclic) bond motifs is 1. The van der Waals surface area contributed by atoms with Gasteiger partial charge in [0.05, 0.1) is 22.4 Å². The van der Waals surface area contributed by atoms with E-state index in [-0.39, 0.29) is 0 Å². The van der Waals surface area contributed by atoms with E-state index in [0.29, 0.717) is 11.8 Å². The van der Waals surface area contributed by atoms with Gasteiger partial charge < -0.3 is 9.32 Å². The molecule has 8 aromatic carbocycles. The van der Waals surface area contributed by atoms with Crippen LogP contribution in [-0.4, -0.2) is 20.2 Å². The number of aryl methyl sites for hydroxylation is 6. The fourth-order valence-electron chi connectivity index (χ4n) is 9.33. The van der Waals surface area contributed by atoms with E-state index >= 15 is 0 Å². The van der Waals surface area contributed by atoms with Crippen LogP contribution in [0, 0.1) is 41.5 Å². The molecule has 6 nitrogen and oxygen atoms in total. The Labute approximate surface area is 374 Å². The number of nitrogens with zero attached hydrogens (tertiary/aromatic N) is 5. The smallest absolute Gasteiger partial charge is 0.248 e. The Kier molecular flexibility index (Phi) is 10.5. The summed E-state index contributed by atoms with van der Waals surface area (Å²) in [6.07, 6.45) is 0. The molecule has 0 amide bonds. The standard InChI is InChI=1S/C58H47N5O/c1-36-32-38(3)51(39(4)33-36)49-30-31-50(52-40(5)34-37(2)35-41(52)6)56-55(49)59-53(42-16-10-7-11-17-42)54(60-56)43-22-26-47(27-23-43)63(46-20-14-9-15-21-46)48-28-24-45(25-29-48)58-62-61-57(64-58)44-18-12-8-13-19-44/h7-35H,1-6H3. The van der Waals surface area contributed by atoms with Crippen LogP contribution in [0.4, 0.5) is 17.1 Å². The van der Waals surface area contributed by atoms with Crippen LogP contribution in [0.1, 0.15) is 33.4 Å². The minimum absolute atomic E-state index is 0.471. The third-order valence-corrected chi connectivity index (χ3v) is 12.0. The molecule has 10 aromatic rings. The lowest BCUT2D eigenvalue weighted by Crippen LogP contribution is -2.09. The van der Waals surface area contributed by atoms with Gasteiger partial charge in [0, 0.05) is 50.4 Å². The van der Waals surface area contributed by atoms with Crippen molar-refractivity contribution in [2.45, 2.75) is 41.5 Å². The zero-order valence-corrected chi connectivity index (χ0v) is 36.9. The molecule has 2 aromatic heterocycles. The van der Waals surface area contributed by atoms with Crippen LogP contribution in [0.5, 0.6) is 0 Å². The maximum absolute atomic E-state index is 6.09. The van der Waals surface area contributed by atoms with E-state index in [1.54, 1.807) is 0 Å². The molecule has 0 radical (unpaired) electrons. The average Bonchev–Trinajstić information content (AvgIpc) is 3.81. The quantitative estimate of drug-likeness (QED) is 0.144. The van der Waals surface area contributed by atoms with Crippen molar-refractivity contribution in [3.63, 3.8) is 0 Å². The Morgan fingerprint density at radius 3 is 1.14 bits per heavy atom. The SMILES string of the molecule is Cc1cc(C)c(-c2ccc(-c3c(C)cc(C)cc3C)c3nc(-c4ccc(N(c5ccccc5)c5ccc(-c6nnc(-c7ccccc7)o6)cc5)cc4)c(-c4ccccc4)nc23)c(C)c1. The van der Waals surface area contributed by atoms with Crippen LogP contribution >= 0.6 is 0 Å².